The number of benzene rings is 1. The molecule has 158 valence electrons. The van der Waals surface area contributed by atoms with Crippen molar-refractivity contribution < 1.29 is 13.2 Å². The zero-order valence-corrected chi connectivity index (χ0v) is 17.2. The maximum Gasteiger partial charge on any atom is 0.254 e. The van der Waals surface area contributed by atoms with Crippen LogP contribution in [0.2, 0.25) is 0 Å². The second-order valence-corrected chi connectivity index (χ2v) is 9.25. The molecule has 2 aromatic heterocycles. The van der Waals surface area contributed by atoms with E-state index in [1.165, 1.54) is 6.20 Å². The third-order valence-corrected chi connectivity index (χ3v) is 6.82. The maximum atomic E-state index is 12.6. The van der Waals surface area contributed by atoms with E-state index in [9.17, 15) is 13.2 Å². The van der Waals surface area contributed by atoms with Crippen molar-refractivity contribution in [3.05, 3.63) is 60.2 Å². The summed E-state index contributed by atoms with van der Waals surface area (Å²) >= 11 is 0. The third kappa shape index (κ3) is 4.66. The van der Waals surface area contributed by atoms with Crippen LogP contribution in [0.25, 0.3) is 5.78 Å². The Morgan fingerprint density at radius 3 is 2.60 bits per heavy atom. The summed E-state index contributed by atoms with van der Waals surface area (Å²) in [6.45, 7) is 0.273. The number of carbonyl (C=O) groups excluding carboxylic acids is 1. The maximum absolute atomic E-state index is 12.6. The number of nitrogens with one attached hydrogen (secondary N) is 2. The predicted octanol–water partition coefficient (Wildman–Crippen LogP) is 1.21. The Morgan fingerprint density at radius 2 is 1.87 bits per heavy atom. The number of hydrogen-bond donors (Lipinski definition) is 3. The molecule has 0 spiro atoms. The quantitative estimate of drug-likeness (QED) is 0.541. The molecular formula is C20H24N6O3S. The lowest BCUT2D eigenvalue weighted by molar-refractivity contribution is 0.0950. The number of nitrogens with zero attached hydrogens (tertiary/aromatic N) is 3. The van der Waals surface area contributed by atoms with Gasteiger partial charge in [-0.05, 0) is 43.4 Å². The summed E-state index contributed by atoms with van der Waals surface area (Å²) in [4.78, 5) is 20.7. The number of imidazole rings is 1. The van der Waals surface area contributed by atoms with Crippen LogP contribution in [0.1, 0.15) is 41.6 Å². The van der Waals surface area contributed by atoms with Gasteiger partial charge in [0.05, 0.1) is 10.5 Å². The van der Waals surface area contributed by atoms with Gasteiger partial charge in [-0.2, -0.15) is 0 Å². The van der Waals surface area contributed by atoms with Crippen LogP contribution in [0.3, 0.4) is 0 Å². The molecule has 0 saturated heterocycles. The molecule has 0 radical (unpaired) electrons. The lowest BCUT2D eigenvalue weighted by Gasteiger charge is -2.26. The highest BCUT2D eigenvalue weighted by atomic mass is 32.2. The molecule has 3 aromatic rings. The van der Waals surface area contributed by atoms with Crippen molar-refractivity contribution in [1.29, 1.82) is 0 Å². The molecule has 30 heavy (non-hydrogen) atoms. The van der Waals surface area contributed by atoms with Crippen molar-refractivity contribution >= 4 is 21.7 Å². The second-order valence-electron chi connectivity index (χ2n) is 7.54. The fraction of sp³-hybridized carbons (Fsp3) is 0.350. The second kappa shape index (κ2) is 8.50. The zero-order valence-electron chi connectivity index (χ0n) is 16.4. The standard InChI is InChI=1S/C20H24N6O3S/c21-16-3-5-17(6-4-16)25-30(28,29)18-7-1-14(2-8-18)11-23-19(27)15-12-24-20-22-9-10-26(20)13-15/h1-2,7-10,12-13,16-17,25H,3-6,11,21H2,(H,23,27). The minimum absolute atomic E-state index is 0.0739. The topological polar surface area (TPSA) is 131 Å². The van der Waals surface area contributed by atoms with Crippen LogP contribution in [-0.4, -0.2) is 40.8 Å². The predicted molar refractivity (Wildman–Crippen MR) is 111 cm³/mol. The SMILES string of the molecule is NC1CCC(NS(=O)(=O)c2ccc(CNC(=O)c3cnc4nccn4c3)cc2)CC1. The van der Waals surface area contributed by atoms with E-state index < -0.39 is 10.0 Å². The van der Waals surface area contributed by atoms with Gasteiger partial charge in [0.15, 0.2) is 0 Å². The van der Waals surface area contributed by atoms with E-state index in [4.69, 9.17) is 5.73 Å². The van der Waals surface area contributed by atoms with Gasteiger partial charge in [-0.25, -0.2) is 23.1 Å². The summed E-state index contributed by atoms with van der Waals surface area (Å²) in [5.41, 5.74) is 7.09. The fourth-order valence-electron chi connectivity index (χ4n) is 3.53. The average Bonchev–Trinajstić information content (AvgIpc) is 3.22. The molecule has 0 bridgehead atoms. The van der Waals surface area contributed by atoms with Crippen LogP contribution in [0.15, 0.2) is 53.9 Å². The lowest BCUT2D eigenvalue weighted by atomic mass is 9.93. The molecule has 4 rings (SSSR count). The van der Waals surface area contributed by atoms with Crippen molar-refractivity contribution in [2.24, 2.45) is 5.73 Å². The number of hydrogen-bond acceptors (Lipinski definition) is 6. The van der Waals surface area contributed by atoms with Crippen LogP contribution in [0.5, 0.6) is 0 Å². The molecule has 4 N–H and O–H groups in total. The van der Waals surface area contributed by atoms with Crippen LogP contribution in [0.4, 0.5) is 0 Å². The van der Waals surface area contributed by atoms with Crippen molar-refractivity contribution in [1.82, 2.24) is 24.4 Å². The summed E-state index contributed by atoms with van der Waals surface area (Å²) in [6.07, 6.45) is 9.62. The van der Waals surface area contributed by atoms with Gasteiger partial charge >= 0.3 is 0 Å². The van der Waals surface area contributed by atoms with Gasteiger partial charge in [0.2, 0.25) is 15.8 Å². The molecular weight excluding hydrogens is 404 g/mol. The Hall–Kier alpha value is -2.82. The molecule has 1 aromatic carbocycles. The van der Waals surface area contributed by atoms with Crippen LogP contribution < -0.4 is 15.8 Å². The molecule has 9 nitrogen and oxygen atoms in total. The van der Waals surface area contributed by atoms with E-state index in [2.05, 4.69) is 20.0 Å². The van der Waals surface area contributed by atoms with Gasteiger partial charge in [0, 0.05) is 43.4 Å². The normalized spacial score (nSPS) is 19.6. The van der Waals surface area contributed by atoms with E-state index in [1.807, 2.05) is 0 Å². The number of sulfonamides is 1. The van der Waals surface area contributed by atoms with Crippen LogP contribution in [-0.2, 0) is 16.6 Å². The first kappa shape index (κ1) is 20.5. The minimum atomic E-state index is -3.58. The first-order valence-electron chi connectivity index (χ1n) is 9.84. The summed E-state index contributed by atoms with van der Waals surface area (Å²) in [7, 11) is -3.58. The average molecular weight is 429 g/mol. The first-order chi connectivity index (χ1) is 14.4. The van der Waals surface area contributed by atoms with Gasteiger partial charge in [0.1, 0.15) is 0 Å². The molecule has 0 aliphatic heterocycles. The molecule has 1 saturated carbocycles. The smallest absolute Gasteiger partial charge is 0.254 e. The molecule has 10 heteroatoms. The highest BCUT2D eigenvalue weighted by Gasteiger charge is 2.24. The monoisotopic (exact) mass is 428 g/mol. The van der Waals surface area contributed by atoms with Crippen molar-refractivity contribution in [2.75, 3.05) is 0 Å². The van der Waals surface area contributed by atoms with Crippen molar-refractivity contribution in [3.63, 3.8) is 0 Å². The summed E-state index contributed by atoms with van der Waals surface area (Å²) in [5, 5.41) is 2.81. The molecule has 1 aliphatic carbocycles. The highest BCUT2D eigenvalue weighted by Crippen LogP contribution is 2.20. The Balaban J connectivity index is 1.35. The number of nitrogens with two attached hydrogens (primary N) is 1. The Morgan fingerprint density at radius 1 is 1.13 bits per heavy atom. The molecule has 2 heterocycles. The van der Waals surface area contributed by atoms with Crippen molar-refractivity contribution in [2.45, 2.75) is 49.2 Å². The summed E-state index contributed by atoms with van der Waals surface area (Å²) in [6, 6.07) is 6.59. The Labute approximate surface area is 174 Å². The van der Waals surface area contributed by atoms with Crippen LogP contribution >= 0.6 is 0 Å². The summed E-state index contributed by atoms with van der Waals surface area (Å²) in [5.74, 6) is 0.250. The molecule has 1 fully saturated rings. The zero-order chi connectivity index (χ0) is 21.1. The lowest BCUT2D eigenvalue weighted by Crippen LogP contribution is -2.40. The fourth-order valence-corrected chi connectivity index (χ4v) is 4.83. The van der Waals surface area contributed by atoms with E-state index in [1.54, 1.807) is 47.3 Å². The largest absolute Gasteiger partial charge is 0.348 e. The molecule has 0 unspecified atom stereocenters. The van der Waals surface area contributed by atoms with Crippen molar-refractivity contribution in [3.8, 4) is 0 Å². The number of rotatable bonds is 6. The molecule has 1 aliphatic rings. The van der Waals surface area contributed by atoms with Gasteiger partial charge in [-0.1, -0.05) is 12.1 Å². The molecule has 1 amide bonds. The van der Waals surface area contributed by atoms with E-state index in [0.29, 0.717) is 11.3 Å². The van der Waals surface area contributed by atoms with Gasteiger partial charge < -0.3 is 11.1 Å². The minimum Gasteiger partial charge on any atom is -0.348 e. The van der Waals surface area contributed by atoms with E-state index >= 15 is 0 Å². The highest BCUT2D eigenvalue weighted by molar-refractivity contribution is 7.89. The number of carbonyl (C=O) groups is 1. The summed E-state index contributed by atoms with van der Waals surface area (Å²) < 4.78 is 29.6. The number of aromatic nitrogens is 3. The third-order valence-electron chi connectivity index (χ3n) is 5.29. The number of amides is 1. The van der Waals surface area contributed by atoms with Gasteiger partial charge in [-0.3, -0.25) is 9.20 Å². The Kier molecular flexibility index (Phi) is 5.80. The Bertz CT molecular complexity index is 1130. The first-order valence-corrected chi connectivity index (χ1v) is 11.3. The van der Waals surface area contributed by atoms with Crippen LogP contribution in [0, 0.1) is 0 Å². The van der Waals surface area contributed by atoms with E-state index in [0.717, 1.165) is 31.2 Å². The molecule has 0 atom stereocenters. The number of fused-ring (bicyclic) bond motifs is 1. The van der Waals surface area contributed by atoms with Gasteiger partial charge in [-0.15, -0.1) is 0 Å². The van der Waals surface area contributed by atoms with E-state index in [-0.39, 0.29) is 29.4 Å². The van der Waals surface area contributed by atoms with Gasteiger partial charge in [0.25, 0.3) is 5.91 Å².